The van der Waals surface area contributed by atoms with Crippen molar-refractivity contribution in [2.45, 2.75) is 23.5 Å². The van der Waals surface area contributed by atoms with E-state index < -0.39 is 9.84 Å². The fourth-order valence-corrected chi connectivity index (χ4v) is 3.65. The highest BCUT2D eigenvalue weighted by Gasteiger charge is 2.16. The second kappa shape index (κ2) is 7.63. The van der Waals surface area contributed by atoms with E-state index in [1.54, 1.807) is 24.3 Å². The maximum atomic E-state index is 12.1. The topological polar surface area (TPSA) is 93.9 Å². The maximum absolute atomic E-state index is 12.1. The lowest BCUT2D eigenvalue weighted by Crippen LogP contribution is -2.16. The van der Waals surface area contributed by atoms with Crippen LogP contribution in [0.15, 0.2) is 47.0 Å². The number of para-hydroxylation sites is 1. The molecule has 9 heteroatoms. The number of nitrogens with one attached hydrogen (secondary N) is 1. The first kappa shape index (κ1) is 18.2. The Kier molecular flexibility index (Phi) is 5.79. The van der Waals surface area contributed by atoms with Crippen LogP contribution < -0.4 is 5.32 Å². The molecule has 1 heterocycles. The molecule has 7 nitrogen and oxygen atoms in total. The number of carbonyl (C=O) groups is 1. The van der Waals surface area contributed by atoms with Crippen LogP contribution >= 0.6 is 11.8 Å². The normalized spacial score (nSPS) is 11.2. The minimum atomic E-state index is -3.42. The van der Waals surface area contributed by atoms with Crippen LogP contribution in [0.1, 0.15) is 5.82 Å². The first-order chi connectivity index (χ1) is 11.3. The first-order valence-corrected chi connectivity index (χ1v) is 9.93. The van der Waals surface area contributed by atoms with Gasteiger partial charge in [0.2, 0.25) is 5.91 Å². The fourth-order valence-electron chi connectivity index (χ4n) is 2.02. The number of aromatic nitrogens is 3. The summed E-state index contributed by atoms with van der Waals surface area (Å²) < 4.78 is 25.3. The minimum absolute atomic E-state index is 0.0906. The molecule has 0 fully saturated rings. The lowest BCUT2D eigenvalue weighted by Gasteiger charge is -2.09. The Hall–Kier alpha value is -2.13. The lowest BCUT2D eigenvalue weighted by molar-refractivity contribution is -0.113. The Balaban J connectivity index is 2.07. The van der Waals surface area contributed by atoms with Crippen LogP contribution in [0.2, 0.25) is 0 Å². The summed E-state index contributed by atoms with van der Waals surface area (Å²) in [6.07, 6.45) is 2.83. The monoisotopic (exact) mass is 366 g/mol. The highest BCUT2D eigenvalue weighted by molar-refractivity contribution is 7.99. The molecule has 0 saturated carbocycles. The van der Waals surface area contributed by atoms with Crippen LogP contribution in [0.3, 0.4) is 0 Å². The van der Waals surface area contributed by atoms with E-state index in [4.69, 9.17) is 0 Å². The number of benzene rings is 1. The van der Waals surface area contributed by atoms with Gasteiger partial charge < -0.3 is 9.88 Å². The third-order valence-corrected chi connectivity index (χ3v) is 5.23. The summed E-state index contributed by atoms with van der Waals surface area (Å²) >= 11 is 1.23. The predicted molar refractivity (Wildman–Crippen MR) is 93.9 cm³/mol. The van der Waals surface area contributed by atoms with Gasteiger partial charge in [0.05, 0.1) is 16.3 Å². The van der Waals surface area contributed by atoms with Crippen molar-refractivity contribution in [2.75, 3.05) is 17.3 Å². The molecule has 0 aliphatic carbocycles. The number of thioether (sulfide) groups is 1. The summed E-state index contributed by atoms with van der Waals surface area (Å²) in [5.74, 6) is 0.509. The van der Waals surface area contributed by atoms with Gasteiger partial charge >= 0.3 is 0 Å². The van der Waals surface area contributed by atoms with Gasteiger partial charge in [-0.05, 0) is 19.1 Å². The summed E-state index contributed by atoms with van der Waals surface area (Å²) in [6, 6.07) is 6.30. The average Bonchev–Trinajstić information content (AvgIpc) is 2.86. The molecule has 0 spiro atoms. The Morgan fingerprint density at radius 3 is 2.75 bits per heavy atom. The average molecular weight is 366 g/mol. The van der Waals surface area contributed by atoms with E-state index in [0.717, 1.165) is 12.1 Å². The Labute approximate surface area is 145 Å². The second-order valence-electron chi connectivity index (χ2n) is 5.03. The van der Waals surface area contributed by atoms with Crippen LogP contribution in [0.4, 0.5) is 5.69 Å². The zero-order valence-electron chi connectivity index (χ0n) is 13.4. The zero-order chi connectivity index (χ0) is 17.7. The molecule has 0 atom stereocenters. The van der Waals surface area contributed by atoms with Crippen LogP contribution in [0, 0.1) is 6.92 Å². The molecule has 1 amide bonds. The van der Waals surface area contributed by atoms with Crippen molar-refractivity contribution in [3.05, 3.63) is 42.7 Å². The first-order valence-electron chi connectivity index (χ1n) is 7.05. The number of sulfone groups is 1. The van der Waals surface area contributed by atoms with E-state index in [-0.39, 0.29) is 22.2 Å². The molecule has 0 saturated heterocycles. The van der Waals surface area contributed by atoms with Gasteiger partial charge in [0.25, 0.3) is 0 Å². The SMILES string of the molecule is C=CCn1c(C)nnc1SCC(=O)Nc1ccccc1S(C)(=O)=O. The van der Waals surface area contributed by atoms with Crippen LogP contribution in [0.5, 0.6) is 0 Å². The number of aryl methyl sites for hydroxylation is 1. The van der Waals surface area contributed by atoms with Gasteiger partial charge in [-0.25, -0.2) is 8.42 Å². The van der Waals surface area contributed by atoms with Gasteiger partial charge in [0.1, 0.15) is 5.82 Å². The number of hydrogen-bond acceptors (Lipinski definition) is 6. The molecule has 0 aliphatic rings. The summed E-state index contributed by atoms with van der Waals surface area (Å²) in [5.41, 5.74) is 0.273. The maximum Gasteiger partial charge on any atom is 0.234 e. The van der Waals surface area contributed by atoms with E-state index in [9.17, 15) is 13.2 Å². The van der Waals surface area contributed by atoms with Gasteiger partial charge in [-0.15, -0.1) is 16.8 Å². The molecular formula is C15H18N4O3S2. The Morgan fingerprint density at radius 1 is 1.38 bits per heavy atom. The molecule has 0 unspecified atom stereocenters. The lowest BCUT2D eigenvalue weighted by atomic mass is 10.3. The molecule has 128 valence electrons. The quantitative estimate of drug-likeness (QED) is 0.594. The molecule has 2 aromatic rings. The van der Waals surface area contributed by atoms with E-state index in [2.05, 4.69) is 22.1 Å². The zero-order valence-corrected chi connectivity index (χ0v) is 15.0. The molecular weight excluding hydrogens is 348 g/mol. The predicted octanol–water partition coefficient (Wildman–Crippen LogP) is 1.91. The number of carbonyl (C=O) groups excluding carboxylic acids is 1. The van der Waals surface area contributed by atoms with Crippen molar-refractivity contribution in [1.82, 2.24) is 14.8 Å². The van der Waals surface area contributed by atoms with Crippen LogP contribution in [0.25, 0.3) is 0 Å². The minimum Gasteiger partial charge on any atom is -0.324 e. The molecule has 0 aliphatic heterocycles. The van der Waals surface area contributed by atoms with Gasteiger partial charge in [0, 0.05) is 12.8 Å². The van der Waals surface area contributed by atoms with Crippen molar-refractivity contribution in [3.8, 4) is 0 Å². The number of rotatable bonds is 7. The molecule has 1 aromatic heterocycles. The van der Waals surface area contributed by atoms with E-state index >= 15 is 0 Å². The third-order valence-electron chi connectivity index (χ3n) is 3.11. The number of allylic oxidation sites excluding steroid dienone is 1. The third kappa shape index (κ3) is 4.45. The van der Waals surface area contributed by atoms with Crippen LogP contribution in [-0.4, -0.2) is 41.1 Å². The van der Waals surface area contributed by atoms with E-state index in [1.165, 1.54) is 17.8 Å². The smallest absolute Gasteiger partial charge is 0.234 e. The van der Waals surface area contributed by atoms with Crippen molar-refractivity contribution < 1.29 is 13.2 Å². The number of hydrogen-bond donors (Lipinski definition) is 1. The summed E-state index contributed by atoms with van der Waals surface area (Å²) in [6.45, 7) is 6.06. The molecule has 0 bridgehead atoms. The summed E-state index contributed by atoms with van der Waals surface area (Å²) in [7, 11) is -3.42. The molecule has 24 heavy (non-hydrogen) atoms. The van der Waals surface area contributed by atoms with Crippen LogP contribution in [-0.2, 0) is 21.2 Å². The molecule has 2 rings (SSSR count). The van der Waals surface area contributed by atoms with E-state index in [0.29, 0.717) is 11.7 Å². The van der Waals surface area contributed by atoms with Crippen molar-refractivity contribution in [3.63, 3.8) is 0 Å². The number of anilines is 1. The van der Waals surface area contributed by atoms with Gasteiger partial charge in [-0.2, -0.15) is 0 Å². The largest absolute Gasteiger partial charge is 0.324 e. The standard InChI is InChI=1S/C15H18N4O3S2/c1-4-9-19-11(2)17-18-15(19)23-10-14(20)16-12-7-5-6-8-13(12)24(3,21)22/h4-8H,1,9-10H2,2-3H3,(H,16,20). The van der Waals surface area contributed by atoms with E-state index in [1.807, 2.05) is 11.5 Å². The Bertz CT molecular complexity index is 859. The molecule has 0 radical (unpaired) electrons. The summed E-state index contributed by atoms with van der Waals surface area (Å²) in [4.78, 5) is 12.2. The highest BCUT2D eigenvalue weighted by Crippen LogP contribution is 2.22. The van der Waals surface area contributed by atoms with Gasteiger partial charge in [-0.3, -0.25) is 4.79 Å². The highest BCUT2D eigenvalue weighted by atomic mass is 32.2. The van der Waals surface area contributed by atoms with Crippen molar-refractivity contribution in [2.24, 2.45) is 0 Å². The van der Waals surface area contributed by atoms with Gasteiger partial charge in [0.15, 0.2) is 15.0 Å². The summed E-state index contributed by atoms with van der Waals surface area (Å²) in [5, 5.41) is 11.2. The Morgan fingerprint density at radius 2 is 2.08 bits per heavy atom. The van der Waals surface area contributed by atoms with Crippen molar-refractivity contribution >= 4 is 33.2 Å². The molecule has 1 aromatic carbocycles. The van der Waals surface area contributed by atoms with Crippen molar-refractivity contribution in [1.29, 1.82) is 0 Å². The number of nitrogens with zero attached hydrogens (tertiary/aromatic N) is 3. The second-order valence-corrected chi connectivity index (χ2v) is 7.96. The van der Waals surface area contributed by atoms with Gasteiger partial charge in [-0.1, -0.05) is 30.0 Å². The number of amides is 1. The fraction of sp³-hybridized carbons (Fsp3) is 0.267. The molecule has 1 N–H and O–H groups in total.